The number of hydrogen-bond donors (Lipinski definition) is 0. The monoisotopic (exact) mass is 298 g/mol. The van der Waals surface area contributed by atoms with E-state index in [1.165, 1.54) is 11.8 Å². The Labute approximate surface area is 126 Å². The van der Waals surface area contributed by atoms with Gasteiger partial charge in [0, 0.05) is 17.6 Å². The maximum atomic E-state index is 11.4. The van der Waals surface area contributed by atoms with E-state index in [9.17, 15) is 4.79 Å². The van der Waals surface area contributed by atoms with Crippen LogP contribution in [0.2, 0.25) is 0 Å². The number of pyridine rings is 1. The van der Waals surface area contributed by atoms with Gasteiger partial charge in [-0.2, -0.15) is 0 Å². The fourth-order valence-corrected chi connectivity index (χ4v) is 2.98. The molecule has 0 N–H and O–H groups in total. The molecule has 0 amide bonds. The van der Waals surface area contributed by atoms with Crippen molar-refractivity contribution in [2.75, 3.05) is 0 Å². The predicted molar refractivity (Wildman–Crippen MR) is 80.9 cm³/mol. The normalized spacial score (nSPS) is 11.0. The number of carbonyl (C=O) groups is 1. The molecule has 0 bridgehead atoms. The van der Waals surface area contributed by atoms with Gasteiger partial charge in [0.25, 0.3) is 0 Å². The smallest absolute Gasteiger partial charge is 0.194 e. The number of aromatic nitrogens is 4. The van der Waals surface area contributed by atoms with Crippen molar-refractivity contribution in [1.29, 1.82) is 0 Å². The Kier molecular flexibility index (Phi) is 3.47. The number of rotatable bonds is 3. The lowest BCUT2D eigenvalue weighted by atomic mass is 10.2. The first kappa shape index (κ1) is 13.8. The van der Waals surface area contributed by atoms with Gasteiger partial charge >= 0.3 is 0 Å². The molecule has 0 unspecified atom stereocenters. The second kappa shape index (κ2) is 5.29. The molecule has 6 heteroatoms. The van der Waals surface area contributed by atoms with Crippen molar-refractivity contribution in [3.63, 3.8) is 0 Å². The van der Waals surface area contributed by atoms with Crippen molar-refractivity contribution in [2.24, 2.45) is 0 Å². The van der Waals surface area contributed by atoms with Gasteiger partial charge in [0.2, 0.25) is 0 Å². The molecule has 3 aromatic rings. The molecule has 0 fully saturated rings. The van der Waals surface area contributed by atoms with Crippen LogP contribution < -0.4 is 0 Å². The molecular formula is C15H14N4OS. The third kappa shape index (κ3) is 2.42. The third-order valence-corrected chi connectivity index (χ3v) is 4.30. The van der Waals surface area contributed by atoms with Crippen LogP contribution in [0.5, 0.6) is 0 Å². The zero-order chi connectivity index (χ0) is 15.0. The Morgan fingerprint density at radius 3 is 2.48 bits per heavy atom. The predicted octanol–water partition coefficient (Wildman–Crippen LogP) is 3.01. The van der Waals surface area contributed by atoms with Crippen molar-refractivity contribution in [2.45, 2.75) is 31.0 Å². The summed E-state index contributed by atoms with van der Waals surface area (Å²) in [5, 5.41) is 1.24. The maximum Gasteiger partial charge on any atom is 0.194 e. The molecule has 21 heavy (non-hydrogen) atoms. The first-order valence-corrected chi connectivity index (χ1v) is 7.33. The minimum absolute atomic E-state index is 0.523. The summed E-state index contributed by atoms with van der Waals surface area (Å²) < 4.78 is 1.77. The summed E-state index contributed by atoms with van der Waals surface area (Å²) in [7, 11) is 0. The summed E-state index contributed by atoms with van der Waals surface area (Å²) >= 11 is 1.32. The molecule has 0 aromatic carbocycles. The minimum atomic E-state index is 0.523. The van der Waals surface area contributed by atoms with Gasteiger partial charge in [-0.05, 0) is 50.2 Å². The molecule has 0 saturated heterocycles. The molecule has 0 aliphatic heterocycles. The van der Waals surface area contributed by atoms with Gasteiger partial charge in [0.15, 0.2) is 11.4 Å². The van der Waals surface area contributed by atoms with Crippen LogP contribution in [0.3, 0.4) is 0 Å². The highest BCUT2D eigenvalue weighted by Gasteiger charge is 2.15. The quantitative estimate of drug-likeness (QED) is 0.549. The van der Waals surface area contributed by atoms with Gasteiger partial charge in [-0.1, -0.05) is 6.07 Å². The van der Waals surface area contributed by atoms with Crippen LogP contribution in [0.15, 0.2) is 34.6 Å². The average molecular weight is 298 g/mol. The fraction of sp³-hybridized carbons (Fsp3) is 0.200. The number of fused-ring (bicyclic) bond motifs is 1. The highest BCUT2D eigenvalue weighted by molar-refractivity contribution is 7.99. The molecule has 0 aliphatic rings. The molecule has 0 spiro atoms. The number of aldehydes is 1. The van der Waals surface area contributed by atoms with Gasteiger partial charge in [0.05, 0.1) is 0 Å². The number of nitrogens with zero attached hydrogens (tertiary/aromatic N) is 4. The first-order chi connectivity index (χ1) is 10.1. The molecule has 0 aliphatic carbocycles. The number of imidazole rings is 1. The molecular weight excluding hydrogens is 284 g/mol. The second-order valence-electron chi connectivity index (χ2n) is 4.75. The van der Waals surface area contributed by atoms with Crippen LogP contribution in [-0.2, 0) is 0 Å². The zero-order valence-electron chi connectivity index (χ0n) is 12.0. The summed E-state index contributed by atoms with van der Waals surface area (Å²) in [6.45, 7) is 5.91. The summed E-state index contributed by atoms with van der Waals surface area (Å²) in [6, 6.07) is 5.62. The van der Waals surface area contributed by atoms with Gasteiger partial charge in [-0.3, -0.25) is 9.20 Å². The van der Waals surface area contributed by atoms with E-state index in [2.05, 4.69) is 15.0 Å². The van der Waals surface area contributed by atoms with Crippen molar-refractivity contribution < 1.29 is 4.79 Å². The van der Waals surface area contributed by atoms with Crippen LogP contribution in [-0.4, -0.2) is 25.6 Å². The Bertz CT molecular complexity index is 818. The van der Waals surface area contributed by atoms with Gasteiger partial charge in [-0.15, -0.1) is 0 Å². The van der Waals surface area contributed by atoms with Crippen molar-refractivity contribution >= 4 is 23.7 Å². The van der Waals surface area contributed by atoms with Crippen LogP contribution >= 0.6 is 11.8 Å². The Morgan fingerprint density at radius 1 is 1.10 bits per heavy atom. The summed E-state index contributed by atoms with van der Waals surface area (Å²) in [6.07, 6.45) is 2.64. The van der Waals surface area contributed by atoms with Crippen LogP contribution in [0.25, 0.3) is 5.65 Å². The van der Waals surface area contributed by atoms with E-state index in [4.69, 9.17) is 0 Å². The van der Waals surface area contributed by atoms with Crippen LogP contribution in [0.4, 0.5) is 0 Å². The molecule has 5 nitrogen and oxygen atoms in total. The molecule has 0 radical (unpaired) electrons. The second-order valence-corrected chi connectivity index (χ2v) is 5.71. The van der Waals surface area contributed by atoms with Crippen molar-refractivity contribution in [1.82, 2.24) is 19.4 Å². The highest BCUT2D eigenvalue weighted by atomic mass is 32.2. The van der Waals surface area contributed by atoms with E-state index >= 15 is 0 Å². The van der Waals surface area contributed by atoms with Crippen molar-refractivity contribution in [3.05, 3.63) is 47.0 Å². The Balaban J connectivity index is 2.08. The maximum absolute atomic E-state index is 11.4. The Hall–Kier alpha value is -2.21. The van der Waals surface area contributed by atoms with E-state index in [0.717, 1.165) is 28.9 Å². The van der Waals surface area contributed by atoms with Crippen LogP contribution in [0, 0.1) is 20.8 Å². The topological polar surface area (TPSA) is 60.2 Å². The highest BCUT2D eigenvalue weighted by Crippen LogP contribution is 2.28. The summed E-state index contributed by atoms with van der Waals surface area (Å²) in [5.74, 6) is 0. The molecule has 0 saturated carbocycles. The van der Waals surface area contributed by atoms with Gasteiger partial charge < -0.3 is 0 Å². The number of carbonyl (C=O) groups excluding carboxylic acids is 1. The lowest BCUT2D eigenvalue weighted by Crippen LogP contribution is -1.98. The van der Waals surface area contributed by atoms with E-state index in [1.54, 1.807) is 4.40 Å². The lowest BCUT2D eigenvalue weighted by molar-refractivity contribution is 0.111. The van der Waals surface area contributed by atoms with E-state index in [0.29, 0.717) is 15.9 Å². The minimum Gasteiger partial charge on any atom is -0.296 e. The van der Waals surface area contributed by atoms with Crippen LogP contribution in [0.1, 0.15) is 27.4 Å². The summed E-state index contributed by atoms with van der Waals surface area (Å²) in [4.78, 5) is 24.8. The number of aryl methyl sites for hydroxylation is 2. The zero-order valence-corrected chi connectivity index (χ0v) is 12.8. The van der Waals surface area contributed by atoms with Gasteiger partial charge in [0.1, 0.15) is 16.4 Å². The van der Waals surface area contributed by atoms with Crippen molar-refractivity contribution in [3.8, 4) is 0 Å². The van der Waals surface area contributed by atoms with E-state index in [-0.39, 0.29) is 0 Å². The Morgan fingerprint density at radius 2 is 1.81 bits per heavy atom. The molecule has 106 valence electrons. The SMILES string of the molecule is Cc1nc(Sc2nc3ccccn3c2C=O)nc(C)c1C. The number of hydrogen-bond acceptors (Lipinski definition) is 5. The van der Waals surface area contributed by atoms with E-state index < -0.39 is 0 Å². The molecule has 3 heterocycles. The fourth-order valence-electron chi connectivity index (χ4n) is 2.05. The standard InChI is InChI=1S/C15H14N4OS/c1-9-10(2)16-15(17-11(9)3)21-14-12(8-20)19-7-5-4-6-13(19)18-14/h4-8H,1-3H3. The lowest BCUT2D eigenvalue weighted by Gasteiger charge is -2.05. The first-order valence-electron chi connectivity index (χ1n) is 6.52. The molecule has 3 aromatic heterocycles. The average Bonchev–Trinajstić information content (AvgIpc) is 2.81. The summed E-state index contributed by atoms with van der Waals surface area (Å²) in [5.41, 5.74) is 4.24. The largest absolute Gasteiger partial charge is 0.296 e. The molecule has 3 rings (SSSR count). The van der Waals surface area contributed by atoms with E-state index in [1.807, 2.05) is 45.2 Å². The van der Waals surface area contributed by atoms with Gasteiger partial charge in [-0.25, -0.2) is 15.0 Å². The third-order valence-electron chi connectivity index (χ3n) is 3.44. The molecule has 0 atom stereocenters.